The quantitative estimate of drug-likeness (QED) is 0.747. The van der Waals surface area contributed by atoms with Crippen LogP contribution in [-0.2, 0) is 0 Å². The maximum absolute atomic E-state index is 9.04. The maximum Gasteiger partial charge on any atom is 0.100 e. The van der Waals surface area contributed by atoms with Crippen LogP contribution >= 0.6 is 15.9 Å². The molecule has 1 aliphatic carbocycles. The van der Waals surface area contributed by atoms with Gasteiger partial charge in [0, 0.05) is 22.7 Å². The van der Waals surface area contributed by atoms with E-state index in [1.807, 2.05) is 6.07 Å². The third kappa shape index (κ3) is 3.76. The van der Waals surface area contributed by atoms with E-state index < -0.39 is 0 Å². The molecule has 0 N–H and O–H groups in total. The molecule has 0 aromatic heterocycles. The molecule has 0 radical (unpaired) electrons. The summed E-state index contributed by atoms with van der Waals surface area (Å²) >= 11 is 3.52. The molecule has 1 saturated carbocycles. The smallest absolute Gasteiger partial charge is 0.100 e. The van der Waals surface area contributed by atoms with Crippen molar-refractivity contribution in [2.75, 3.05) is 11.4 Å². The van der Waals surface area contributed by atoms with Crippen LogP contribution in [0.4, 0.5) is 5.69 Å². The van der Waals surface area contributed by atoms with E-state index in [1.165, 1.54) is 37.8 Å². The van der Waals surface area contributed by atoms with Crippen LogP contribution in [0.1, 0.15) is 51.5 Å². The summed E-state index contributed by atoms with van der Waals surface area (Å²) in [6.45, 7) is 5.67. The van der Waals surface area contributed by atoms with Gasteiger partial charge in [0.15, 0.2) is 0 Å². The van der Waals surface area contributed by atoms with Crippen LogP contribution in [0.15, 0.2) is 22.7 Å². The first-order valence-corrected chi connectivity index (χ1v) is 8.37. The number of nitriles is 1. The Balaban J connectivity index is 2.20. The fourth-order valence-corrected chi connectivity index (χ4v) is 3.36. The van der Waals surface area contributed by atoms with E-state index in [9.17, 15) is 0 Å². The van der Waals surface area contributed by atoms with Gasteiger partial charge in [0.25, 0.3) is 0 Å². The van der Waals surface area contributed by atoms with Crippen molar-refractivity contribution in [3.63, 3.8) is 0 Å². The molecule has 1 aromatic carbocycles. The van der Waals surface area contributed by atoms with Crippen molar-refractivity contribution < 1.29 is 0 Å². The van der Waals surface area contributed by atoms with Crippen molar-refractivity contribution in [2.45, 2.75) is 52.0 Å². The maximum atomic E-state index is 9.04. The van der Waals surface area contributed by atoms with Crippen molar-refractivity contribution in [2.24, 2.45) is 5.92 Å². The average molecular weight is 335 g/mol. The summed E-state index contributed by atoms with van der Waals surface area (Å²) < 4.78 is 0.907. The molecule has 1 aromatic rings. The normalized spacial score (nSPS) is 15.6. The number of hydrogen-bond donors (Lipinski definition) is 0. The summed E-state index contributed by atoms with van der Waals surface area (Å²) in [5, 5.41) is 9.04. The predicted molar refractivity (Wildman–Crippen MR) is 87.9 cm³/mol. The van der Waals surface area contributed by atoms with E-state index in [1.54, 1.807) is 0 Å². The molecule has 20 heavy (non-hydrogen) atoms. The Morgan fingerprint density at radius 3 is 2.60 bits per heavy atom. The summed E-state index contributed by atoms with van der Waals surface area (Å²) in [6, 6.07) is 9.03. The van der Waals surface area contributed by atoms with Gasteiger partial charge in [-0.3, -0.25) is 0 Å². The zero-order chi connectivity index (χ0) is 14.5. The van der Waals surface area contributed by atoms with Crippen LogP contribution in [-0.4, -0.2) is 12.6 Å². The second kappa shape index (κ2) is 7.13. The van der Waals surface area contributed by atoms with Crippen LogP contribution in [0, 0.1) is 17.2 Å². The molecule has 0 bridgehead atoms. The highest BCUT2D eigenvalue weighted by molar-refractivity contribution is 9.10. The van der Waals surface area contributed by atoms with Crippen LogP contribution in [0.3, 0.4) is 0 Å². The lowest BCUT2D eigenvalue weighted by molar-refractivity contribution is 0.528. The molecule has 2 rings (SSSR count). The SMILES string of the molecule is CC(C)CCN(c1ccc(C#N)c(Br)c1)C1CCCC1. The topological polar surface area (TPSA) is 27.0 Å². The van der Waals surface area contributed by atoms with Gasteiger partial charge >= 0.3 is 0 Å². The third-order valence-corrected chi connectivity index (χ3v) is 4.77. The lowest BCUT2D eigenvalue weighted by atomic mass is 10.1. The molecule has 2 nitrogen and oxygen atoms in total. The lowest BCUT2D eigenvalue weighted by Crippen LogP contribution is -2.34. The summed E-state index contributed by atoms with van der Waals surface area (Å²) in [5.41, 5.74) is 1.97. The monoisotopic (exact) mass is 334 g/mol. The molecule has 0 unspecified atom stereocenters. The highest BCUT2D eigenvalue weighted by Gasteiger charge is 2.23. The minimum absolute atomic E-state index is 0.675. The van der Waals surface area contributed by atoms with Crippen molar-refractivity contribution in [1.29, 1.82) is 5.26 Å². The molecule has 3 heteroatoms. The molecule has 1 aliphatic rings. The van der Waals surface area contributed by atoms with E-state index in [-0.39, 0.29) is 0 Å². The molecular weight excluding hydrogens is 312 g/mol. The number of nitrogens with zero attached hydrogens (tertiary/aromatic N) is 2. The molecule has 0 aliphatic heterocycles. The first-order chi connectivity index (χ1) is 9.61. The number of halogens is 1. The number of rotatable bonds is 5. The molecule has 1 fully saturated rings. The zero-order valence-corrected chi connectivity index (χ0v) is 14.0. The molecular formula is C17H23BrN2. The largest absolute Gasteiger partial charge is 0.369 e. The van der Waals surface area contributed by atoms with Gasteiger partial charge in [-0.1, -0.05) is 26.7 Å². The van der Waals surface area contributed by atoms with Crippen LogP contribution in [0.2, 0.25) is 0 Å². The van der Waals surface area contributed by atoms with Gasteiger partial charge in [-0.2, -0.15) is 5.26 Å². The Morgan fingerprint density at radius 1 is 1.35 bits per heavy atom. The van der Waals surface area contributed by atoms with Gasteiger partial charge in [0.2, 0.25) is 0 Å². The van der Waals surface area contributed by atoms with Crippen molar-refractivity contribution in [1.82, 2.24) is 0 Å². The standard InChI is InChI=1S/C17H23BrN2/c1-13(2)9-10-20(15-5-3-4-6-15)16-8-7-14(12-19)17(18)11-16/h7-8,11,13,15H,3-6,9-10H2,1-2H3. The van der Waals surface area contributed by atoms with Crippen LogP contribution in [0.25, 0.3) is 0 Å². The Kier molecular flexibility index (Phi) is 5.48. The molecule has 0 atom stereocenters. The minimum Gasteiger partial charge on any atom is -0.369 e. The van der Waals surface area contributed by atoms with E-state index in [0.717, 1.165) is 16.9 Å². The first kappa shape index (κ1) is 15.4. The third-order valence-electron chi connectivity index (χ3n) is 4.12. The summed E-state index contributed by atoms with van der Waals surface area (Å²) in [4.78, 5) is 2.55. The van der Waals surface area contributed by atoms with Gasteiger partial charge < -0.3 is 4.90 Å². The van der Waals surface area contributed by atoms with Gasteiger partial charge in [-0.15, -0.1) is 0 Å². The fraction of sp³-hybridized carbons (Fsp3) is 0.588. The molecule has 0 heterocycles. The molecule has 0 spiro atoms. The van der Waals surface area contributed by atoms with E-state index in [2.05, 4.69) is 52.9 Å². The van der Waals surface area contributed by atoms with E-state index in [4.69, 9.17) is 5.26 Å². The Morgan fingerprint density at radius 2 is 2.05 bits per heavy atom. The van der Waals surface area contributed by atoms with Gasteiger partial charge in [0.1, 0.15) is 6.07 Å². The van der Waals surface area contributed by atoms with Crippen molar-refractivity contribution in [3.8, 4) is 6.07 Å². The lowest BCUT2D eigenvalue weighted by Gasteiger charge is -2.32. The van der Waals surface area contributed by atoms with Gasteiger partial charge in [-0.05, 0) is 59.3 Å². The highest BCUT2D eigenvalue weighted by atomic mass is 79.9. The molecule has 108 valence electrons. The van der Waals surface area contributed by atoms with E-state index in [0.29, 0.717) is 11.6 Å². The molecule has 0 amide bonds. The van der Waals surface area contributed by atoms with Crippen molar-refractivity contribution in [3.05, 3.63) is 28.2 Å². The Labute approximate surface area is 130 Å². The average Bonchev–Trinajstić information content (AvgIpc) is 2.93. The van der Waals surface area contributed by atoms with E-state index >= 15 is 0 Å². The predicted octanol–water partition coefficient (Wildman–Crippen LogP) is 5.12. The number of benzene rings is 1. The number of hydrogen-bond acceptors (Lipinski definition) is 2. The first-order valence-electron chi connectivity index (χ1n) is 7.58. The summed E-state index contributed by atoms with van der Waals surface area (Å²) in [7, 11) is 0. The second-order valence-corrected chi connectivity index (χ2v) is 6.94. The van der Waals surface area contributed by atoms with Crippen LogP contribution < -0.4 is 4.90 Å². The van der Waals surface area contributed by atoms with Crippen LogP contribution in [0.5, 0.6) is 0 Å². The molecule has 0 saturated heterocycles. The zero-order valence-electron chi connectivity index (χ0n) is 12.4. The second-order valence-electron chi connectivity index (χ2n) is 6.09. The van der Waals surface area contributed by atoms with Crippen molar-refractivity contribution >= 4 is 21.6 Å². The Hall–Kier alpha value is -1.01. The fourth-order valence-electron chi connectivity index (χ4n) is 2.91. The van der Waals surface area contributed by atoms with Gasteiger partial charge in [-0.25, -0.2) is 0 Å². The highest BCUT2D eigenvalue weighted by Crippen LogP contribution is 2.31. The number of anilines is 1. The minimum atomic E-state index is 0.675. The Bertz CT molecular complexity index is 484. The summed E-state index contributed by atoms with van der Waals surface area (Å²) in [6.07, 6.45) is 6.51. The summed E-state index contributed by atoms with van der Waals surface area (Å²) in [5.74, 6) is 0.723. The van der Waals surface area contributed by atoms with Gasteiger partial charge in [0.05, 0.1) is 5.56 Å².